The van der Waals surface area contributed by atoms with Gasteiger partial charge in [0.2, 0.25) is 16.7 Å². The van der Waals surface area contributed by atoms with E-state index in [1.54, 1.807) is 4.90 Å². The molecular formula is C28H27N3O3S. The van der Waals surface area contributed by atoms with Gasteiger partial charge < -0.3 is 5.32 Å². The van der Waals surface area contributed by atoms with Crippen molar-refractivity contribution < 1.29 is 14.4 Å². The summed E-state index contributed by atoms with van der Waals surface area (Å²) in [6.07, 6.45) is 0. The van der Waals surface area contributed by atoms with Crippen LogP contribution in [0.1, 0.15) is 36.5 Å². The zero-order chi connectivity index (χ0) is 24.7. The molecule has 3 amide bonds. The number of carbonyl (C=O) groups excluding carboxylic acids is 3. The third-order valence-corrected chi connectivity index (χ3v) is 7.87. The fourth-order valence-electron chi connectivity index (χ4n) is 4.77. The van der Waals surface area contributed by atoms with Crippen LogP contribution in [0.3, 0.4) is 0 Å². The summed E-state index contributed by atoms with van der Waals surface area (Å²) >= 11 is 1.31. The molecule has 1 atom stereocenters. The molecule has 0 aromatic heterocycles. The highest BCUT2D eigenvalue weighted by molar-refractivity contribution is 8.02. The zero-order valence-corrected chi connectivity index (χ0v) is 20.8. The van der Waals surface area contributed by atoms with E-state index in [-0.39, 0.29) is 30.0 Å². The molecular weight excluding hydrogens is 458 g/mol. The molecule has 5 rings (SSSR count). The van der Waals surface area contributed by atoms with E-state index in [9.17, 15) is 14.4 Å². The van der Waals surface area contributed by atoms with Crippen molar-refractivity contribution in [2.24, 2.45) is 0 Å². The highest BCUT2D eigenvalue weighted by atomic mass is 32.2. The minimum absolute atomic E-state index is 0.125. The number of hydrogen-bond donors (Lipinski definition) is 1. The highest BCUT2D eigenvalue weighted by Gasteiger charge is 2.61. The van der Waals surface area contributed by atoms with Gasteiger partial charge in [0.15, 0.2) is 0 Å². The molecule has 1 spiro atoms. The maximum absolute atomic E-state index is 14.0. The van der Waals surface area contributed by atoms with Gasteiger partial charge in [0, 0.05) is 16.9 Å². The predicted molar refractivity (Wildman–Crippen MR) is 141 cm³/mol. The molecule has 3 aromatic rings. The minimum Gasteiger partial charge on any atom is -0.325 e. The van der Waals surface area contributed by atoms with E-state index in [2.05, 4.69) is 19.2 Å². The summed E-state index contributed by atoms with van der Waals surface area (Å²) in [6, 6.07) is 22.8. The molecule has 6 nitrogen and oxygen atoms in total. The summed E-state index contributed by atoms with van der Waals surface area (Å²) in [7, 11) is 0. The quantitative estimate of drug-likeness (QED) is 0.550. The topological polar surface area (TPSA) is 69.7 Å². The van der Waals surface area contributed by atoms with Crippen molar-refractivity contribution in [1.82, 2.24) is 0 Å². The number of para-hydroxylation sites is 1. The first kappa shape index (κ1) is 23.2. The Kier molecular flexibility index (Phi) is 5.89. The summed E-state index contributed by atoms with van der Waals surface area (Å²) < 4.78 is 0. The number of thioether (sulfide) groups is 1. The van der Waals surface area contributed by atoms with E-state index in [1.165, 1.54) is 22.2 Å². The number of nitrogens with zero attached hydrogens (tertiary/aromatic N) is 2. The molecule has 7 heteroatoms. The van der Waals surface area contributed by atoms with Crippen LogP contribution in [0, 0.1) is 6.92 Å². The molecule has 0 aliphatic carbocycles. The molecule has 178 valence electrons. The van der Waals surface area contributed by atoms with Crippen molar-refractivity contribution >= 4 is 46.5 Å². The average molecular weight is 486 g/mol. The first-order chi connectivity index (χ1) is 16.8. The second-order valence-electron chi connectivity index (χ2n) is 9.23. The van der Waals surface area contributed by atoms with Gasteiger partial charge in [0.05, 0.1) is 11.4 Å². The fourth-order valence-corrected chi connectivity index (χ4v) is 6.13. The van der Waals surface area contributed by atoms with E-state index in [4.69, 9.17) is 0 Å². The molecule has 0 radical (unpaired) electrons. The first-order valence-electron chi connectivity index (χ1n) is 11.7. The van der Waals surface area contributed by atoms with Gasteiger partial charge in [-0.1, -0.05) is 56.3 Å². The van der Waals surface area contributed by atoms with Gasteiger partial charge in [-0.3, -0.25) is 24.2 Å². The molecule has 0 bridgehead atoms. The Morgan fingerprint density at radius 2 is 1.77 bits per heavy atom. The number of carbonyl (C=O) groups is 3. The molecule has 35 heavy (non-hydrogen) atoms. The summed E-state index contributed by atoms with van der Waals surface area (Å²) in [4.78, 5) is 42.0. The van der Waals surface area contributed by atoms with Crippen LogP contribution < -0.4 is 15.1 Å². The van der Waals surface area contributed by atoms with Crippen molar-refractivity contribution in [3.63, 3.8) is 0 Å². The molecule has 1 fully saturated rings. The average Bonchev–Trinajstić information content (AvgIpc) is 3.30. The SMILES string of the molecule is Cc1cccc(N2C(=O)CS[C@]23C(=O)N(CC(=O)Nc2ccc(C(C)C)cc2)c2ccccc23)c1. The lowest BCUT2D eigenvalue weighted by molar-refractivity contribution is -0.124. The Bertz CT molecular complexity index is 1320. The lowest BCUT2D eigenvalue weighted by atomic mass is 10.0. The van der Waals surface area contributed by atoms with Gasteiger partial charge >= 0.3 is 0 Å². The Labute approximate surface area is 209 Å². The summed E-state index contributed by atoms with van der Waals surface area (Å²) in [5, 5.41) is 2.90. The van der Waals surface area contributed by atoms with Crippen LogP contribution in [0.4, 0.5) is 17.1 Å². The van der Waals surface area contributed by atoms with Crippen LogP contribution >= 0.6 is 11.8 Å². The van der Waals surface area contributed by atoms with Crippen molar-refractivity contribution in [3.05, 3.63) is 89.5 Å². The molecule has 1 N–H and O–H groups in total. The van der Waals surface area contributed by atoms with E-state index in [0.717, 1.165) is 11.1 Å². The monoisotopic (exact) mass is 485 g/mol. The largest absolute Gasteiger partial charge is 0.325 e. The standard InChI is InChI=1S/C28H27N3O3S/c1-18(2)20-11-13-21(14-12-20)29-25(32)16-30-24-10-5-4-9-23(24)28(27(30)34)31(26(33)17-35-28)22-8-6-7-19(3)15-22/h4-15,18H,16-17H2,1-3H3,(H,29,32)/t28-/m1/s1. The van der Waals surface area contributed by atoms with Crippen molar-refractivity contribution in [2.45, 2.75) is 31.6 Å². The molecule has 0 unspecified atom stereocenters. The Balaban J connectivity index is 1.46. The number of hydrogen-bond acceptors (Lipinski definition) is 4. The Morgan fingerprint density at radius 1 is 1.03 bits per heavy atom. The number of fused-ring (bicyclic) bond motifs is 2. The summed E-state index contributed by atoms with van der Waals surface area (Å²) in [6.45, 7) is 6.05. The number of aryl methyl sites for hydroxylation is 1. The van der Waals surface area contributed by atoms with Gasteiger partial charge in [0.25, 0.3) is 5.91 Å². The molecule has 2 aliphatic rings. The van der Waals surface area contributed by atoms with Gasteiger partial charge in [-0.15, -0.1) is 11.8 Å². The predicted octanol–water partition coefficient (Wildman–Crippen LogP) is 5.04. The lowest BCUT2D eigenvalue weighted by Gasteiger charge is -2.33. The number of rotatable bonds is 5. The van der Waals surface area contributed by atoms with Crippen LogP contribution in [0.2, 0.25) is 0 Å². The van der Waals surface area contributed by atoms with Crippen molar-refractivity contribution in [2.75, 3.05) is 27.4 Å². The number of amides is 3. The maximum atomic E-state index is 14.0. The van der Waals surface area contributed by atoms with Crippen LogP contribution in [-0.2, 0) is 19.3 Å². The third kappa shape index (κ3) is 3.90. The van der Waals surface area contributed by atoms with E-state index in [1.807, 2.05) is 79.7 Å². The first-order valence-corrected chi connectivity index (χ1v) is 12.6. The van der Waals surface area contributed by atoms with E-state index >= 15 is 0 Å². The summed E-state index contributed by atoms with van der Waals surface area (Å²) in [5.41, 5.74) is 4.94. The number of benzene rings is 3. The summed E-state index contributed by atoms with van der Waals surface area (Å²) in [5.74, 6) is -0.103. The Morgan fingerprint density at radius 3 is 2.49 bits per heavy atom. The Hall–Kier alpha value is -3.58. The van der Waals surface area contributed by atoms with E-state index in [0.29, 0.717) is 23.0 Å². The van der Waals surface area contributed by atoms with Crippen LogP contribution in [0.5, 0.6) is 0 Å². The molecule has 0 saturated carbocycles. The van der Waals surface area contributed by atoms with Crippen LogP contribution in [-0.4, -0.2) is 30.0 Å². The van der Waals surface area contributed by atoms with Crippen LogP contribution in [0.25, 0.3) is 0 Å². The lowest BCUT2D eigenvalue weighted by Crippen LogP contribution is -2.50. The zero-order valence-electron chi connectivity index (χ0n) is 19.9. The van der Waals surface area contributed by atoms with E-state index < -0.39 is 4.87 Å². The normalized spacial score (nSPS) is 19.1. The van der Waals surface area contributed by atoms with Gasteiger partial charge in [-0.05, 0) is 54.3 Å². The number of nitrogens with one attached hydrogen (secondary N) is 1. The van der Waals surface area contributed by atoms with Gasteiger partial charge in [0.1, 0.15) is 6.54 Å². The molecule has 1 saturated heterocycles. The highest BCUT2D eigenvalue weighted by Crippen LogP contribution is 2.55. The second kappa shape index (κ2) is 8.89. The second-order valence-corrected chi connectivity index (χ2v) is 10.4. The van der Waals surface area contributed by atoms with Gasteiger partial charge in [-0.2, -0.15) is 0 Å². The van der Waals surface area contributed by atoms with Crippen molar-refractivity contribution in [3.8, 4) is 0 Å². The molecule has 3 aromatic carbocycles. The minimum atomic E-state index is -1.22. The molecule has 2 heterocycles. The third-order valence-electron chi connectivity index (χ3n) is 6.49. The number of anilines is 3. The smallest absolute Gasteiger partial charge is 0.269 e. The molecule has 2 aliphatic heterocycles. The fraction of sp³-hybridized carbons (Fsp3) is 0.250. The van der Waals surface area contributed by atoms with Crippen LogP contribution in [0.15, 0.2) is 72.8 Å². The van der Waals surface area contributed by atoms with Gasteiger partial charge in [-0.25, -0.2) is 0 Å². The van der Waals surface area contributed by atoms with Crippen molar-refractivity contribution in [1.29, 1.82) is 0 Å². The maximum Gasteiger partial charge on any atom is 0.269 e.